The molecular formula is C23H27N3O5. The molecule has 2 aliphatic rings. The Morgan fingerprint density at radius 3 is 2.16 bits per heavy atom. The van der Waals surface area contributed by atoms with Crippen LogP contribution in [0.1, 0.15) is 13.3 Å². The second-order valence-corrected chi connectivity index (χ2v) is 7.18. The van der Waals surface area contributed by atoms with Crippen molar-refractivity contribution in [2.24, 2.45) is 0 Å². The Kier molecular flexibility index (Phi) is 7.12. The van der Waals surface area contributed by atoms with Gasteiger partial charge in [0.15, 0.2) is 0 Å². The molecule has 0 N–H and O–H groups in total. The van der Waals surface area contributed by atoms with Gasteiger partial charge in [-0.1, -0.05) is 6.08 Å². The molecule has 8 nitrogen and oxygen atoms in total. The zero-order valence-corrected chi connectivity index (χ0v) is 18.0. The second kappa shape index (κ2) is 9.97. The van der Waals surface area contributed by atoms with Crippen molar-refractivity contribution in [2.75, 3.05) is 50.2 Å². The number of anilines is 2. The van der Waals surface area contributed by atoms with Gasteiger partial charge >= 0.3 is 11.9 Å². The Hall–Kier alpha value is -3.55. The summed E-state index contributed by atoms with van der Waals surface area (Å²) < 4.78 is 9.77. The van der Waals surface area contributed by atoms with Crippen LogP contribution in [-0.2, 0) is 23.9 Å². The van der Waals surface area contributed by atoms with Crippen LogP contribution < -0.4 is 9.80 Å². The summed E-state index contributed by atoms with van der Waals surface area (Å²) in [5.41, 5.74) is 1.92. The maximum absolute atomic E-state index is 12.5. The Bertz CT molecular complexity index is 933. The van der Waals surface area contributed by atoms with E-state index in [2.05, 4.69) is 4.90 Å². The molecule has 0 aromatic heterocycles. The van der Waals surface area contributed by atoms with Crippen LogP contribution >= 0.6 is 0 Å². The van der Waals surface area contributed by atoms with Crippen LogP contribution in [0.4, 0.5) is 11.4 Å². The highest BCUT2D eigenvalue weighted by atomic mass is 16.5. The maximum Gasteiger partial charge on any atom is 0.355 e. The molecule has 1 aromatic rings. The first kappa shape index (κ1) is 22.1. The first-order chi connectivity index (χ1) is 15.0. The lowest BCUT2D eigenvalue weighted by Gasteiger charge is -2.26. The zero-order valence-electron chi connectivity index (χ0n) is 18.0. The van der Waals surface area contributed by atoms with E-state index in [-0.39, 0.29) is 17.2 Å². The minimum Gasteiger partial charge on any atom is -0.465 e. The fourth-order valence-corrected chi connectivity index (χ4v) is 3.68. The molecule has 0 saturated carbocycles. The minimum atomic E-state index is -0.641. The van der Waals surface area contributed by atoms with Gasteiger partial charge in [0.1, 0.15) is 5.70 Å². The molecule has 2 aliphatic heterocycles. The summed E-state index contributed by atoms with van der Waals surface area (Å²) in [5.74, 6) is -1.17. The van der Waals surface area contributed by atoms with Crippen LogP contribution in [0.15, 0.2) is 60.0 Å². The van der Waals surface area contributed by atoms with Crippen LogP contribution in [0.3, 0.4) is 0 Å². The van der Waals surface area contributed by atoms with Gasteiger partial charge in [-0.3, -0.25) is 4.79 Å². The summed E-state index contributed by atoms with van der Waals surface area (Å²) in [6.45, 7) is 4.67. The summed E-state index contributed by atoms with van der Waals surface area (Å²) in [4.78, 5) is 42.2. The summed E-state index contributed by atoms with van der Waals surface area (Å²) in [6.07, 6.45) is 7.53. The SMILES string of the molecule is COC(=O)C1=C(C(=O)OC)N(c2ccc(N3CCCN(C(C)=O)CC3)cc2)C=CC=C1. The molecule has 0 spiro atoms. The summed E-state index contributed by atoms with van der Waals surface area (Å²) in [5, 5.41) is 0. The minimum absolute atomic E-state index is 0.0824. The zero-order chi connectivity index (χ0) is 22.4. The number of benzene rings is 1. The summed E-state index contributed by atoms with van der Waals surface area (Å²) >= 11 is 0. The van der Waals surface area contributed by atoms with E-state index in [1.165, 1.54) is 20.3 Å². The Morgan fingerprint density at radius 1 is 0.839 bits per heavy atom. The number of allylic oxidation sites excluding steroid dienone is 2. The van der Waals surface area contributed by atoms with Crippen LogP contribution in [0.25, 0.3) is 0 Å². The quantitative estimate of drug-likeness (QED) is 0.685. The third-order valence-corrected chi connectivity index (χ3v) is 5.32. The van der Waals surface area contributed by atoms with E-state index in [1.807, 2.05) is 29.2 Å². The molecule has 3 rings (SSSR count). The summed E-state index contributed by atoms with van der Waals surface area (Å²) in [6, 6.07) is 7.71. The van der Waals surface area contributed by atoms with Gasteiger partial charge in [-0.2, -0.15) is 0 Å². The molecule has 0 atom stereocenters. The van der Waals surface area contributed by atoms with Gasteiger partial charge in [0, 0.05) is 50.7 Å². The number of hydrogen-bond donors (Lipinski definition) is 0. The molecule has 1 fully saturated rings. The van der Waals surface area contributed by atoms with E-state index in [9.17, 15) is 14.4 Å². The highest BCUT2D eigenvalue weighted by Gasteiger charge is 2.27. The maximum atomic E-state index is 12.5. The average Bonchev–Trinajstić information content (AvgIpc) is 3.17. The number of ether oxygens (including phenoxy) is 2. The molecule has 2 heterocycles. The van der Waals surface area contributed by atoms with E-state index in [0.717, 1.165) is 31.7 Å². The standard InChI is InChI=1S/C23H27N3O5/c1-17(27)24-12-6-13-25(16-15-24)18-8-10-19(11-9-18)26-14-5-4-7-20(22(28)30-2)21(26)23(29)31-3/h4-5,7-11,14H,6,12-13,15-16H2,1-3H3. The van der Waals surface area contributed by atoms with E-state index in [4.69, 9.17) is 9.47 Å². The molecular weight excluding hydrogens is 398 g/mol. The molecule has 0 unspecified atom stereocenters. The van der Waals surface area contributed by atoms with E-state index >= 15 is 0 Å². The molecule has 0 bridgehead atoms. The average molecular weight is 425 g/mol. The second-order valence-electron chi connectivity index (χ2n) is 7.18. The molecule has 1 amide bonds. The van der Waals surface area contributed by atoms with Gasteiger partial charge in [0.05, 0.1) is 19.8 Å². The van der Waals surface area contributed by atoms with E-state index in [0.29, 0.717) is 12.2 Å². The fraction of sp³-hybridized carbons (Fsp3) is 0.348. The predicted molar refractivity (Wildman–Crippen MR) is 117 cm³/mol. The topological polar surface area (TPSA) is 79.4 Å². The number of esters is 2. The van der Waals surface area contributed by atoms with Crippen LogP contribution in [0.2, 0.25) is 0 Å². The Morgan fingerprint density at radius 2 is 1.52 bits per heavy atom. The van der Waals surface area contributed by atoms with Crippen molar-refractivity contribution < 1.29 is 23.9 Å². The van der Waals surface area contributed by atoms with Gasteiger partial charge in [-0.25, -0.2) is 9.59 Å². The molecule has 8 heteroatoms. The molecule has 1 saturated heterocycles. The molecule has 0 radical (unpaired) electrons. The molecule has 164 valence electrons. The molecule has 1 aromatic carbocycles. The summed E-state index contributed by atoms with van der Waals surface area (Å²) in [7, 11) is 2.54. The normalized spacial score (nSPS) is 16.7. The van der Waals surface area contributed by atoms with Crippen molar-refractivity contribution in [3.05, 3.63) is 60.0 Å². The third-order valence-electron chi connectivity index (χ3n) is 5.32. The smallest absolute Gasteiger partial charge is 0.355 e. The van der Waals surface area contributed by atoms with Crippen molar-refractivity contribution in [3.8, 4) is 0 Å². The van der Waals surface area contributed by atoms with E-state index in [1.54, 1.807) is 30.2 Å². The number of hydrogen-bond acceptors (Lipinski definition) is 7. The lowest BCUT2D eigenvalue weighted by Crippen LogP contribution is -2.33. The van der Waals surface area contributed by atoms with Crippen molar-refractivity contribution in [1.29, 1.82) is 0 Å². The van der Waals surface area contributed by atoms with Crippen molar-refractivity contribution >= 4 is 29.2 Å². The van der Waals surface area contributed by atoms with Crippen LogP contribution in [0, 0.1) is 0 Å². The van der Waals surface area contributed by atoms with E-state index < -0.39 is 11.9 Å². The highest BCUT2D eigenvalue weighted by molar-refractivity contribution is 6.05. The third kappa shape index (κ3) is 4.96. The largest absolute Gasteiger partial charge is 0.465 e. The van der Waals surface area contributed by atoms with Crippen molar-refractivity contribution in [1.82, 2.24) is 4.90 Å². The highest BCUT2D eigenvalue weighted by Crippen LogP contribution is 2.28. The number of methoxy groups -OCH3 is 2. The predicted octanol–water partition coefficient (Wildman–Crippen LogP) is 2.24. The number of carbonyl (C=O) groups is 3. The molecule has 31 heavy (non-hydrogen) atoms. The van der Waals surface area contributed by atoms with Crippen molar-refractivity contribution in [3.63, 3.8) is 0 Å². The van der Waals surface area contributed by atoms with Gasteiger partial charge in [0.2, 0.25) is 5.91 Å². The molecule has 0 aliphatic carbocycles. The van der Waals surface area contributed by atoms with Crippen LogP contribution in [0.5, 0.6) is 0 Å². The first-order valence-corrected chi connectivity index (χ1v) is 10.1. The lowest BCUT2D eigenvalue weighted by molar-refractivity contribution is -0.139. The Balaban J connectivity index is 1.89. The van der Waals surface area contributed by atoms with Gasteiger partial charge in [0.25, 0.3) is 0 Å². The van der Waals surface area contributed by atoms with Crippen molar-refractivity contribution in [2.45, 2.75) is 13.3 Å². The monoisotopic (exact) mass is 425 g/mol. The van der Waals surface area contributed by atoms with Gasteiger partial charge < -0.3 is 24.2 Å². The fourth-order valence-electron chi connectivity index (χ4n) is 3.68. The van der Waals surface area contributed by atoms with Gasteiger partial charge in [-0.05, 0) is 42.8 Å². The van der Waals surface area contributed by atoms with Crippen LogP contribution in [-0.4, -0.2) is 63.1 Å². The Labute approximate surface area is 182 Å². The number of rotatable bonds is 4. The van der Waals surface area contributed by atoms with Gasteiger partial charge in [-0.15, -0.1) is 0 Å². The number of nitrogens with zero attached hydrogens (tertiary/aromatic N) is 3. The first-order valence-electron chi connectivity index (χ1n) is 10.1. The lowest BCUT2D eigenvalue weighted by atomic mass is 10.1. The number of carbonyl (C=O) groups excluding carboxylic acids is 3. The number of amides is 1.